The smallest absolute Gasteiger partial charge is 0.265 e. The van der Waals surface area contributed by atoms with Gasteiger partial charge in [0.15, 0.2) is 6.61 Å². The molecular formula is C18H18N2O4. The molecule has 3 rings (SSSR count). The minimum absolute atomic E-state index is 0.0385. The molecule has 0 aliphatic carbocycles. The lowest BCUT2D eigenvalue weighted by atomic mass is 10.2. The zero-order valence-corrected chi connectivity index (χ0v) is 13.3. The molecule has 0 bridgehead atoms. The molecule has 0 atom stereocenters. The summed E-state index contributed by atoms with van der Waals surface area (Å²) >= 11 is 0. The Morgan fingerprint density at radius 2 is 2.08 bits per heavy atom. The van der Waals surface area contributed by atoms with Crippen LogP contribution in [0.25, 0.3) is 0 Å². The van der Waals surface area contributed by atoms with Crippen LogP contribution in [0.5, 0.6) is 11.5 Å². The van der Waals surface area contributed by atoms with E-state index in [1.54, 1.807) is 19.2 Å². The summed E-state index contributed by atoms with van der Waals surface area (Å²) in [6, 6.07) is 14.6. The highest BCUT2D eigenvalue weighted by Crippen LogP contribution is 2.31. The summed E-state index contributed by atoms with van der Waals surface area (Å²) in [5, 5.41) is 2.82. The molecule has 24 heavy (non-hydrogen) atoms. The lowest BCUT2D eigenvalue weighted by Crippen LogP contribution is -2.45. The van der Waals surface area contributed by atoms with E-state index in [2.05, 4.69) is 5.32 Å². The topological polar surface area (TPSA) is 67.9 Å². The summed E-state index contributed by atoms with van der Waals surface area (Å²) in [5.41, 5.74) is 1.54. The van der Waals surface area contributed by atoms with Gasteiger partial charge in [-0.05, 0) is 29.8 Å². The van der Waals surface area contributed by atoms with Gasteiger partial charge in [0.25, 0.3) is 5.91 Å². The summed E-state index contributed by atoms with van der Waals surface area (Å²) < 4.78 is 10.5. The minimum atomic E-state index is -0.233. The Kier molecular flexibility index (Phi) is 4.65. The van der Waals surface area contributed by atoms with E-state index in [0.717, 1.165) is 11.3 Å². The Balaban J connectivity index is 1.63. The van der Waals surface area contributed by atoms with Crippen LogP contribution >= 0.6 is 0 Å². The number of nitrogens with one attached hydrogen (secondary N) is 1. The van der Waals surface area contributed by atoms with E-state index < -0.39 is 0 Å². The zero-order chi connectivity index (χ0) is 16.9. The summed E-state index contributed by atoms with van der Waals surface area (Å²) in [7, 11) is 1.60. The Morgan fingerprint density at radius 1 is 1.25 bits per heavy atom. The van der Waals surface area contributed by atoms with E-state index in [-0.39, 0.29) is 25.0 Å². The van der Waals surface area contributed by atoms with E-state index in [9.17, 15) is 9.59 Å². The van der Waals surface area contributed by atoms with Gasteiger partial charge < -0.3 is 14.8 Å². The van der Waals surface area contributed by atoms with Crippen molar-refractivity contribution in [2.24, 2.45) is 0 Å². The Bertz CT molecular complexity index is 760. The van der Waals surface area contributed by atoms with Gasteiger partial charge in [0.2, 0.25) is 5.91 Å². The van der Waals surface area contributed by atoms with Crippen molar-refractivity contribution in [3.8, 4) is 11.5 Å². The van der Waals surface area contributed by atoms with Crippen molar-refractivity contribution in [3.63, 3.8) is 0 Å². The number of hydrogen-bond donors (Lipinski definition) is 1. The molecule has 0 saturated heterocycles. The van der Waals surface area contributed by atoms with Gasteiger partial charge >= 0.3 is 0 Å². The average Bonchev–Trinajstić information content (AvgIpc) is 2.62. The van der Waals surface area contributed by atoms with Crippen LogP contribution in [0.15, 0.2) is 48.5 Å². The first-order chi connectivity index (χ1) is 11.7. The summed E-state index contributed by atoms with van der Waals surface area (Å²) in [6.07, 6.45) is 0. The van der Waals surface area contributed by atoms with Crippen molar-refractivity contribution >= 4 is 17.5 Å². The van der Waals surface area contributed by atoms with Gasteiger partial charge in [-0.2, -0.15) is 0 Å². The van der Waals surface area contributed by atoms with Crippen molar-refractivity contribution in [2.75, 3.05) is 25.2 Å². The number of amides is 2. The third-order valence-corrected chi connectivity index (χ3v) is 3.73. The van der Waals surface area contributed by atoms with Gasteiger partial charge in [-0.25, -0.2) is 0 Å². The van der Waals surface area contributed by atoms with Crippen LogP contribution in [0.4, 0.5) is 5.69 Å². The maximum absolute atomic E-state index is 12.2. The van der Waals surface area contributed by atoms with Crippen LogP contribution in [0.1, 0.15) is 5.56 Å². The predicted molar refractivity (Wildman–Crippen MR) is 89.1 cm³/mol. The molecule has 1 N–H and O–H groups in total. The number of rotatable bonds is 5. The molecule has 1 aliphatic heterocycles. The van der Waals surface area contributed by atoms with E-state index in [0.29, 0.717) is 18.0 Å². The van der Waals surface area contributed by atoms with Crippen LogP contribution in [0.2, 0.25) is 0 Å². The predicted octanol–water partition coefficient (Wildman–Crippen LogP) is 1.74. The van der Waals surface area contributed by atoms with Crippen LogP contribution in [-0.4, -0.2) is 32.1 Å². The van der Waals surface area contributed by atoms with Crippen LogP contribution in [0.3, 0.4) is 0 Å². The van der Waals surface area contributed by atoms with Crippen molar-refractivity contribution in [2.45, 2.75) is 6.54 Å². The normalized spacial score (nSPS) is 13.0. The monoisotopic (exact) mass is 326 g/mol. The molecule has 1 aliphatic rings. The molecule has 6 heteroatoms. The first kappa shape index (κ1) is 15.9. The second kappa shape index (κ2) is 7.04. The van der Waals surface area contributed by atoms with E-state index in [1.165, 1.54) is 4.90 Å². The Labute approximate surface area is 140 Å². The van der Waals surface area contributed by atoms with Crippen LogP contribution < -0.4 is 19.7 Å². The number of anilines is 1. The molecule has 0 radical (unpaired) electrons. The van der Waals surface area contributed by atoms with Gasteiger partial charge in [-0.15, -0.1) is 0 Å². The quantitative estimate of drug-likeness (QED) is 0.909. The molecule has 2 amide bonds. The number of carbonyl (C=O) groups excluding carboxylic acids is 2. The van der Waals surface area contributed by atoms with Gasteiger partial charge in [0.1, 0.15) is 18.0 Å². The first-order valence-electron chi connectivity index (χ1n) is 7.59. The molecular weight excluding hydrogens is 308 g/mol. The number of ether oxygens (including phenoxy) is 2. The highest BCUT2D eigenvalue weighted by Gasteiger charge is 2.26. The summed E-state index contributed by atoms with van der Waals surface area (Å²) in [4.78, 5) is 25.7. The largest absolute Gasteiger partial charge is 0.497 e. The van der Waals surface area contributed by atoms with Crippen LogP contribution in [0, 0.1) is 0 Å². The number of para-hydroxylation sites is 2. The van der Waals surface area contributed by atoms with Gasteiger partial charge in [0, 0.05) is 6.54 Å². The van der Waals surface area contributed by atoms with Crippen LogP contribution in [-0.2, 0) is 16.1 Å². The van der Waals surface area contributed by atoms with Gasteiger partial charge in [-0.3, -0.25) is 14.5 Å². The molecule has 0 spiro atoms. The molecule has 124 valence electrons. The Morgan fingerprint density at radius 3 is 2.92 bits per heavy atom. The fourth-order valence-electron chi connectivity index (χ4n) is 2.51. The van der Waals surface area contributed by atoms with Crippen molar-refractivity contribution in [1.29, 1.82) is 0 Å². The van der Waals surface area contributed by atoms with Gasteiger partial charge in [0.05, 0.1) is 12.8 Å². The van der Waals surface area contributed by atoms with E-state index in [4.69, 9.17) is 9.47 Å². The van der Waals surface area contributed by atoms with E-state index in [1.807, 2.05) is 36.4 Å². The van der Waals surface area contributed by atoms with Crippen molar-refractivity contribution in [3.05, 3.63) is 54.1 Å². The maximum Gasteiger partial charge on any atom is 0.265 e. The number of hydrogen-bond acceptors (Lipinski definition) is 4. The highest BCUT2D eigenvalue weighted by atomic mass is 16.5. The fraction of sp³-hybridized carbons (Fsp3) is 0.222. The standard InChI is InChI=1S/C18H18N2O4/c1-23-14-6-4-5-13(9-14)10-19-17(21)11-20-15-7-2-3-8-16(15)24-12-18(20)22/h2-9H,10-12H2,1H3,(H,19,21). The molecule has 0 aromatic heterocycles. The summed E-state index contributed by atoms with van der Waals surface area (Å²) in [6.45, 7) is 0.277. The molecule has 2 aromatic rings. The number of carbonyl (C=O) groups is 2. The lowest BCUT2D eigenvalue weighted by molar-refractivity contribution is -0.125. The number of benzene rings is 2. The number of methoxy groups -OCH3 is 1. The van der Waals surface area contributed by atoms with Crippen molar-refractivity contribution < 1.29 is 19.1 Å². The minimum Gasteiger partial charge on any atom is -0.497 e. The third kappa shape index (κ3) is 3.48. The number of nitrogens with zero attached hydrogens (tertiary/aromatic N) is 1. The molecule has 2 aromatic carbocycles. The Hall–Kier alpha value is -3.02. The first-order valence-corrected chi connectivity index (χ1v) is 7.59. The molecule has 0 saturated carbocycles. The maximum atomic E-state index is 12.2. The lowest BCUT2D eigenvalue weighted by Gasteiger charge is -2.28. The SMILES string of the molecule is COc1cccc(CNC(=O)CN2C(=O)COc3ccccc32)c1. The molecule has 1 heterocycles. The molecule has 0 fully saturated rings. The zero-order valence-electron chi connectivity index (χ0n) is 13.3. The summed E-state index contributed by atoms with van der Waals surface area (Å²) in [5.74, 6) is 0.879. The molecule has 6 nitrogen and oxygen atoms in total. The second-order valence-corrected chi connectivity index (χ2v) is 5.36. The van der Waals surface area contributed by atoms with E-state index >= 15 is 0 Å². The molecule has 0 unspecified atom stereocenters. The number of fused-ring (bicyclic) bond motifs is 1. The highest BCUT2D eigenvalue weighted by molar-refractivity contribution is 6.02. The van der Waals surface area contributed by atoms with Crippen molar-refractivity contribution in [1.82, 2.24) is 5.32 Å². The van der Waals surface area contributed by atoms with Gasteiger partial charge in [-0.1, -0.05) is 24.3 Å². The second-order valence-electron chi connectivity index (χ2n) is 5.36. The fourth-order valence-corrected chi connectivity index (χ4v) is 2.51. The average molecular weight is 326 g/mol. The third-order valence-electron chi connectivity index (χ3n) is 3.73.